The molecule has 1 aliphatic heterocycles. The Morgan fingerprint density at radius 1 is 0.912 bits per heavy atom. The van der Waals surface area contributed by atoms with Crippen LogP contribution in [-0.4, -0.2) is 69.7 Å². The number of nitrogens with zero attached hydrogens (tertiary/aromatic N) is 1. The Kier molecular flexibility index (Phi) is 8.96. The lowest BCUT2D eigenvalue weighted by molar-refractivity contribution is -0.0550. The maximum Gasteiger partial charge on any atom is 0.330 e. The van der Waals surface area contributed by atoms with Crippen molar-refractivity contribution in [3.63, 3.8) is 0 Å². The van der Waals surface area contributed by atoms with Crippen LogP contribution in [0.5, 0.6) is 0 Å². The van der Waals surface area contributed by atoms with Crippen molar-refractivity contribution in [3.8, 4) is 0 Å². The molecule has 0 bridgehead atoms. The van der Waals surface area contributed by atoms with E-state index in [-0.39, 0.29) is 11.1 Å². The summed E-state index contributed by atoms with van der Waals surface area (Å²) in [5, 5.41) is 28.1. The van der Waals surface area contributed by atoms with E-state index < -0.39 is 53.8 Å². The molecule has 4 heterocycles. The van der Waals surface area contributed by atoms with Crippen LogP contribution in [0.1, 0.15) is 11.8 Å². The Hall–Kier alpha value is -4.12. The molecule has 16 nitrogen and oxygen atoms in total. The summed E-state index contributed by atoms with van der Waals surface area (Å²) < 4.78 is 6.08. The van der Waals surface area contributed by atoms with Gasteiger partial charge < -0.3 is 30.0 Å². The molecule has 4 atom stereocenters. The standard InChI is InChI=1S/C9H12N2O6.C5H6N2O2.C4H4N2O2/c12-3-4-6(14)7(15)8(17-4)11-2-1-5(13)10-9(11)16;1-3-2-6-5(9)7-4(3)8;7-3-1-2-5-4(8)6-3/h1-2,4,6-8,12,14-15H,3H2,(H,10,13,16);2H,1H3,(H2,6,7,8,9);1-2H,(H2,5,6,7,8)/t4-,6-,7-,8-;;/m1../s1. The quantitative estimate of drug-likeness (QED) is 0.174. The molecule has 0 aliphatic carbocycles. The van der Waals surface area contributed by atoms with Gasteiger partial charge in [-0.2, -0.15) is 0 Å². The maximum atomic E-state index is 11.4. The maximum absolute atomic E-state index is 11.4. The summed E-state index contributed by atoms with van der Waals surface area (Å²) >= 11 is 0. The van der Waals surface area contributed by atoms with E-state index in [9.17, 15) is 39.0 Å². The Bertz CT molecular complexity index is 1410. The van der Waals surface area contributed by atoms with Crippen molar-refractivity contribution in [2.24, 2.45) is 0 Å². The van der Waals surface area contributed by atoms with Crippen molar-refractivity contribution in [2.75, 3.05) is 6.61 Å². The van der Waals surface area contributed by atoms with E-state index in [0.717, 1.165) is 16.8 Å². The fourth-order valence-electron chi connectivity index (χ4n) is 2.60. The highest BCUT2D eigenvalue weighted by Gasteiger charge is 2.43. The van der Waals surface area contributed by atoms with Gasteiger partial charge in [0.05, 0.1) is 6.61 Å². The molecule has 3 aromatic heterocycles. The Morgan fingerprint density at radius 3 is 2.03 bits per heavy atom. The highest BCUT2D eigenvalue weighted by atomic mass is 16.6. The van der Waals surface area contributed by atoms with Crippen LogP contribution in [0.15, 0.2) is 59.5 Å². The van der Waals surface area contributed by atoms with Gasteiger partial charge in [-0.25, -0.2) is 14.4 Å². The third-order valence-corrected chi connectivity index (χ3v) is 4.33. The van der Waals surface area contributed by atoms with Crippen LogP contribution in [0.4, 0.5) is 0 Å². The van der Waals surface area contributed by atoms with Gasteiger partial charge >= 0.3 is 17.1 Å². The summed E-state index contributed by atoms with van der Waals surface area (Å²) in [6.45, 7) is 1.14. The zero-order chi connectivity index (χ0) is 25.4. The normalized spacial score (nSPS) is 21.1. The molecular weight excluding hydrogens is 460 g/mol. The Labute approximate surface area is 187 Å². The number of rotatable bonds is 2. The number of aromatic nitrogens is 6. The molecule has 0 saturated carbocycles. The number of aliphatic hydroxyl groups excluding tert-OH is 3. The topological polar surface area (TPSA) is 256 Å². The van der Waals surface area contributed by atoms with E-state index in [1.54, 1.807) is 6.92 Å². The van der Waals surface area contributed by atoms with Crippen molar-refractivity contribution >= 4 is 0 Å². The van der Waals surface area contributed by atoms with E-state index >= 15 is 0 Å². The molecule has 16 heteroatoms. The Balaban J connectivity index is 0.000000201. The molecule has 0 unspecified atom stereocenters. The molecule has 1 fully saturated rings. The molecule has 4 rings (SSSR count). The minimum Gasteiger partial charge on any atom is -0.394 e. The molecule has 1 saturated heterocycles. The van der Waals surface area contributed by atoms with Gasteiger partial charge in [0.2, 0.25) is 0 Å². The average molecular weight is 482 g/mol. The van der Waals surface area contributed by atoms with E-state index in [1.165, 1.54) is 18.5 Å². The summed E-state index contributed by atoms with van der Waals surface area (Å²) in [6.07, 6.45) is -0.913. The molecule has 3 aromatic rings. The minimum atomic E-state index is -1.35. The number of aryl methyl sites for hydroxylation is 1. The lowest BCUT2D eigenvalue weighted by Gasteiger charge is -2.16. The summed E-state index contributed by atoms with van der Waals surface area (Å²) in [5.41, 5.74) is -2.48. The van der Waals surface area contributed by atoms with Crippen LogP contribution in [-0.2, 0) is 4.74 Å². The first-order chi connectivity index (χ1) is 16.0. The largest absolute Gasteiger partial charge is 0.394 e. The van der Waals surface area contributed by atoms with Crippen molar-refractivity contribution in [1.82, 2.24) is 29.5 Å². The van der Waals surface area contributed by atoms with Crippen molar-refractivity contribution in [1.29, 1.82) is 0 Å². The van der Waals surface area contributed by atoms with E-state index in [1.807, 2.05) is 9.97 Å². The fourth-order valence-corrected chi connectivity index (χ4v) is 2.60. The van der Waals surface area contributed by atoms with Crippen molar-refractivity contribution in [2.45, 2.75) is 31.5 Å². The van der Waals surface area contributed by atoms with Gasteiger partial charge in [-0.15, -0.1) is 0 Å². The second-order valence-corrected chi connectivity index (χ2v) is 6.80. The first-order valence-electron chi connectivity index (χ1n) is 9.54. The number of hydrogen-bond acceptors (Lipinski definition) is 10. The third kappa shape index (κ3) is 6.94. The fraction of sp³-hybridized carbons (Fsp3) is 0.333. The first-order valence-corrected chi connectivity index (χ1v) is 9.54. The van der Waals surface area contributed by atoms with Gasteiger partial charge in [0, 0.05) is 36.3 Å². The molecule has 0 aromatic carbocycles. The van der Waals surface area contributed by atoms with Crippen molar-refractivity contribution < 1.29 is 20.1 Å². The smallest absolute Gasteiger partial charge is 0.330 e. The summed E-state index contributed by atoms with van der Waals surface area (Å²) in [7, 11) is 0. The minimum absolute atomic E-state index is 0.334. The van der Waals surface area contributed by atoms with Crippen LogP contribution in [0.3, 0.4) is 0 Å². The summed E-state index contributed by atoms with van der Waals surface area (Å²) in [5.74, 6) is 0. The highest BCUT2D eigenvalue weighted by molar-refractivity contribution is 4.98. The summed E-state index contributed by atoms with van der Waals surface area (Å²) in [6, 6.07) is 2.33. The molecule has 1 aliphatic rings. The molecule has 0 amide bonds. The zero-order valence-corrected chi connectivity index (χ0v) is 17.5. The zero-order valence-electron chi connectivity index (χ0n) is 17.5. The second kappa shape index (κ2) is 11.7. The molecule has 0 radical (unpaired) electrons. The van der Waals surface area contributed by atoms with Crippen LogP contribution in [0.25, 0.3) is 0 Å². The number of hydrogen-bond donors (Lipinski definition) is 8. The van der Waals surface area contributed by atoms with Crippen LogP contribution in [0, 0.1) is 6.92 Å². The van der Waals surface area contributed by atoms with Crippen molar-refractivity contribution in [3.05, 3.63) is 98.8 Å². The van der Waals surface area contributed by atoms with Gasteiger partial charge in [-0.3, -0.25) is 33.9 Å². The van der Waals surface area contributed by atoms with Gasteiger partial charge in [-0.1, -0.05) is 0 Å². The monoisotopic (exact) mass is 482 g/mol. The van der Waals surface area contributed by atoms with Crippen LogP contribution >= 0.6 is 0 Å². The molecule has 184 valence electrons. The second-order valence-electron chi connectivity index (χ2n) is 6.80. The van der Waals surface area contributed by atoms with E-state index in [4.69, 9.17) is 9.84 Å². The average Bonchev–Trinajstić information content (AvgIpc) is 3.06. The lowest BCUT2D eigenvalue weighted by Crippen LogP contribution is -2.37. The molecule has 34 heavy (non-hydrogen) atoms. The number of ether oxygens (including phenoxy) is 1. The van der Waals surface area contributed by atoms with Gasteiger partial charge in [0.25, 0.3) is 16.7 Å². The predicted molar refractivity (Wildman–Crippen MR) is 114 cm³/mol. The van der Waals surface area contributed by atoms with E-state index in [0.29, 0.717) is 5.56 Å². The van der Waals surface area contributed by atoms with E-state index in [2.05, 4.69) is 15.0 Å². The van der Waals surface area contributed by atoms with Gasteiger partial charge in [0.1, 0.15) is 18.3 Å². The number of aliphatic hydroxyl groups is 3. The number of H-pyrrole nitrogens is 5. The molecular formula is C18H22N6O10. The molecule has 8 N–H and O–H groups in total. The highest BCUT2D eigenvalue weighted by Crippen LogP contribution is 2.27. The predicted octanol–water partition coefficient (Wildman–Crippen LogP) is -4.42. The number of nitrogens with one attached hydrogen (secondary N) is 5. The lowest BCUT2D eigenvalue weighted by atomic mass is 10.1. The van der Waals surface area contributed by atoms with Crippen LogP contribution in [0.2, 0.25) is 0 Å². The summed E-state index contributed by atoms with van der Waals surface area (Å²) in [4.78, 5) is 74.3. The van der Waals surface area contributed by atoms with Gasteiger partial charge in [-0.05, 0) is 6.92 Å². The first kappa shape index (κ1) is 26.1. The molecule has 0 spiro atoms. The number of aromatic amines is 5. The SMILES string of the molecule is Cc1c[nH]c(=O)[nH]c1=O.O=c1cc[nH]c(=O)[nH]1.O=c1ccn([C@@H]2O[C@H](CO)[C@@H](O)[C@H]2O)c(=O)[nH]1. The van der Waals surface area contributed by atoms with Crippen LogP contribution < -0.4 is 33.7 Å². The Morgan fingerprint density at radius 2 is 1.56 bits per heavy atom. The van der Waals surface area contributed by atoms with Gasteiger partial charge in [0.15, 0.2) is 6.23 Å². The third-order valence-electron chi connectivity index (χ3n) is 4.33.